The van der Waals surface area contributed by atoms with Crippen LogP contribution in [0, 0.1) is 5.92 Å². The SMILES string of the molecule is CC(C)[C@@H](NC(=O)OCc1ccccc1)C(=O)N[C@@H](CCC(=O)O)C(=O)O. The molecule has 0 bridgehead atoms. The second-order valence-corrected chi connectivity index (χ2v) is 6.26. The van der Waals surface area contributed by atoms with Crippen molar-refractivity contribution < 1.29 is 34.1 Å². The summed E-state index contributed by atoms with van der Waals surface area (Å²) in [5.74, 6) is -3.58. The predicted octanol–water partition coefficient (Wildman–Crippen LogP) is 1.37. The molecular formula is C18H24N2O7. The molecule has 0 unspecified atom stereocenters. The van der Waals surface area contributed by atoms with E-state index in [1.165, 1.54) is 0 Å². The normalized spacial score (nSPS) is 12.7. The largest absolute Gasteiger partial charge is 0.481 e. The third kappa shape index (κ3) is 8.21. The smallest absolute Gasteiger partial charge is 0.408 e. The van der Waals surface area contributed by atoms with E-state index in [9.17, 15) is 19.2 Å². The van der Waals surface area contributed by atoms with E-state index in [-0.39, 0.29) is 18.9 Å². The van der Waals surface area contributed by atoms with Crippen LogP contribution in [0.25, 0.3) is 0 Å². The molecule has 0 aliphatic carbocycles. The minimum atomic E-state index is -1.36. The molecule has 0 radical (unpaired) electrons. The quantitative estimate of drug-likeness (QED) is 0.480. The fourth-order valence-corrected chi connectivity index (χ4v) is 2.21. The highest BCUT2D eigenvalue weighted by molar-refractivity contribution is 5.89. The van der Waals surface area contributed by atoms with Crippen molar-refractivity contribution in [1.29, 1.82) is 0 Å². The number of hydrogen-bond donors (Lipinski definition) is 4. The summed E-state index contributed by atoms with van der Waals surface area (Å²) < 4.78 is 5.07. The average molecular weight is 380 g/mol. The molecule has 0 fully saturated rings. The van der Waals surface area contributed by atoms with Crippen LogP contribution in [0.3, 0.4) is 0 Å². The number of hydrogen-bond acceptors (Lipinski definition) is 5. The first-order chi connectivity index (χ1) is 12.7. The highest BCUT2D eigenvalue weighted by Crippen LogP contribution is 2.06. The lowest BCUT2D eigenvalue weighted by Gasteiger charge is -2.23. The third-order valence-corrected chi connectivity index (χ3v) is 3.70. The lowest BCUT2D eigenvalue weighted by Crippen LogP contribution is -2.53. The molecular weight excluding hydrogens is 356 g/mol. The topological polar surface area (TPSA) is 142 Å². The van der Waals surface area contributed by atoms with Gasteiger partial charge in [-0.25, -0.2) is 9.59 Å². The van der Waals surface area contributed by atoms with Gasteiger partial charge in [-0.1, -0.05) is 44.2 Å². The van der Waals surface area contributed by atoms with Crippen LogP contribution in [-0.2, 0) is 25.7 Å². The van der Waals surface area contributed by atoms with Crippen LogP contribution >= 0.6 is 0 Å². The van der Waals surface area contributed by atoms with Gasteiger partial charge in [0.05, 0.1) is 0 Å². The van der Waals surface area contributed by atoms with E-state index in [2.05, 4.69) is 10.6 Å². The van der Waals surface area contributed by atoms with Crippen molar-refractivity contribution in [3.63, 3.8) is 0 Å². The molecule has 1 rings (SSSR count). The first-order valence-electron chi connectivity index (χ1n) is 8.43. The maximum Gasteiger partial charge on any atom is 0.408 e. The number of rotatable bonds is 10. The highest BCUT2D eigenvalue weighted by Gasteiger charge is 2.29. The number of ether oxygens (including phenoxy) is 1. The summed E-state index contributed by atoms with van der Waals surface area (Å²) >= 11 is 0. The standard InChI is InChI=1S/C18H24N2O7/c1-11(2)15(16(23)19-13(17(24)25)8-9-14(21)22)20-18(26)27-10-12-6-4-3-5-7-12/h3-7,11,13,15H,8-10H2,1-2H3,(H,19,23)(H,20,26)(H,21,22)(H,24,25)/t13-,15+/m0/s1. The van der Waals surface area contributed by atoms with E-state index >= 15 is 0 Å². The summed E-state index contributed by atoms with van der Waals surface area (Å²) in [6.45, 7) is 3.37. The maximum atomic E-state index is 12.4. The van der Waals surface area contributed by atoms with Gasteiger partial charge in [0.1, 0.15) is 18.7 Å². The van der Waals surface area contributed by atoms with Crippen molar-refractivity contribution in [2.75, 3.05) is 0 Å². The molecule has 0 saturated carbocycles. The molecule has 0 spiro atoms. The maximum absolute atomic E-state index is 12.4. The Morgan fingerprint density at radius 2 is 1.67 bits per heavy atom. The number of aliphatic carboxylic acids is 2. The minimum absolute atomic E-state index is 0.0233. The van der Waals surface area contributed by atoms with Crippen molar-refractivity contribution in [2.45, 2.75) is 45.4 Å². The van der Waals surface area contributed by atoms with Gasteiger partial charge < -0.3 is 25.6 Å². The molecule has 0 aliphatic heterocycles. The van der Waals surface area contributed by atoms with Crippen LogP contribution in [0.4, 0.5) is 4.79 Å². The Labute approximate surface area is 156 Å². The van der Waals surface area contributed by atoms with Crippen molar-refractivity contribution in [1.82, 2.24) is 10.6 Å². The Morgan fingerprint density at radius 3 is 2.19 bits per heavy atom. The number of carbonyl (C=O) groups is 4. The molecule has 148 valence electrons. The molecule has 9 nitrogen and oxygen atoms in total. The number of nitrogens with one attached hydrogen (secondary N) is 2. The molecule has 2 amide bonds. The zero-order valence-electron chi connectivity index (χ0n) is 15.2. The Bertz CT molecular complexity index is 661. The van der Waals surface area contributed by atoms with Gasteiger partial charge in [-0.15, -0.1) is 0 Å². The van der Waals surface area contributed by atoms with Crippen molar-refractivity contribution in [3.8, 4) is 0 Å². The van der Waals surface area contributed by atoms with E-state index in [4.69, 9.17) is 14.9 Å². The summed E-state index contributed by atoms with van der Waals surface area (Å²) in [4.78, 5) is 46.1. The van der Waals surface area contributed by atoms with E-state index in [0.29, 0.717) is 0 Å². The number of carboxylic acid groups (broad SMARTS) is 2. The van der Waals surface area contributed by atoms with Crippen LogP contribution in [-0.4, -0.2) is 46.2 Å². The van der Waals surface area contributed by atoms with Crippen molar-refractivity contribution in [2.24, 2.45) is 5.92 Å². The van der Waals surface area contributed by atoms with Gasteiger partial charge in [0.25, 0.3) is 0 Å². The first kappa shape index (κ1) is 21.9. The average Bonchev–Trinajstić information content (AvgIpc) is 2.61. The van der Waals surface area contributed by atoms with Crippen LogP contribution in [0.5, 0.6) is 0 Å². The minimum Gasteiger partial charge on any atom is -0.481 e. The zero-order chi connectivity index (χ0) is 20.4. The lowest BCUT2D eigenvalue weighted by atomic mass is 10.0. The molecule has 1 aromatic carbocycles. The summed E-state index contributed by atoms with van der Waals surface area (Å²) in [7, 11) is 0. The molecule has 0 aromatic heterocycles. The van der Waals surface area contributed by atoms with E-state index in [0.717, 1.165) is 5.56 Å². The molecule has 4 N–H and O–H groups in total. The summed E-state index contributed by atoms with van der Waals surface area (Å²) in [6, 6.07) is 6.58. The summed E-state index contributed by atoms with van der Waals surface area (Å²) in [5.41, 5.74) is 0.776. The lowest BCUT2D eigenvalue weighted by molar-refractivity contribution is -0.143. The molecule has 1 aromatic rings. The third-order valence-electron chi connectivity index (χ3n) is 3.70. The number of carboxylic acids is 2. The van der Waals surface area contributed by atoms with Crippen LogP contribution in [0.1, 0.15) is 32.3 Å². The molecule has 0 aliphatic rings. The number of amides is 2. The number of benzene rings is 1. The summed E-state index contributed by atoms with van der Waals surface area (Å²) in [6.07, 6.45) is -1.49. The van der Waals surface area contributed by atoms with E-state index in [1.807, 2.05) is 6.07 Å². The summed E-state index contributed by atoms with van der Waals surface area (Å²) in [5, 5.41) is 22.5. The second-order valence-electron chi connectivity index (χ2n) is 6.26. The van der Waals surface area contributed by atoms with Gasteiger partial charge >= 0.3 is 18.0 Å². The molecule has 0 saturated heterocycles. The predicted molar refractivity (Wildman–Crippen MR) is 94.8 cm³/mol. The first-order valence-corrected chi connectivity index (χ1v) is 8.43. The van der Waals surface area contributed by atoms with Crippen LogP contribution in [0.15, 0.2) is 30.3 Å². The van der Waals surface area contributed by atoms with Crippen molar-refractivity contribution >= 4 is 23.9 Å². The zero-order valence-corrected chi connectivity index (χ0v) is 15.2. The fraction of sp³-hybridized carbons (Fsp3) is 0.444. The monoisotopic (exact) mass is 380 g/mol. The van der Waals surface area contributed by atoms with E-state index < -0.39 is 42.4 Å². The molecule has 27 heavy (non-hydrogen) atoms. The number of alkyl carbamates (subject to hydrolysis) is 1. The van der Waals surface area contributed by atoms with Crippen molar-refractivity contribution in [3.05, 3.63) is 35.9 Å². The van der Waals surface area contributed by atoms with Gasteiger partial charge in [0, 0.05) is 6.42 Å². The van der Waals surface area contributed by atoms with Gasteiger partial charge in [0.2, 0.25) is 5.91 Å². The van der Waals surface area contributed by atoms with Gasteiger partial charge in [-0.2, -0.15) is 0 Å². The Balaban J connectivity index is 2.64. The van der Waals surface area contributed by atoms with Gasteiger partial charge in [0.15, 0.2) is 0 Å². The second kappa shape index (κ2) is 10.8. The Morgan fingerprint density at radius 1 is 1.04 bits per heavy atom. The molecule has 2 atom stereocenters. The number of carbonyl (C=O) groups excluding carboxylic acids is 2. The van der Waals surface area contributed by atoms with Gasteiger partial charge in [-0.05, 0) is 17.9 Å². The Hall–Kier alpha value is -3.10. The Kier molecular flexibility index (Phi) is 8.77. The molecule has 0 heterocycles. The molecule has 9 heteroatoms. The van der Waals surface area contributed by atoms with E-state index in [1.54, 1.807) is 38.1 Å². The van der Waals surface area contributed by atoms with Crippen LogP contribution < -0.4 is 10.6 Å². The van der Waals surface area contributed by atoms with Crippen LogP contribution in [0.2, 0.25) is 0 Å². The van der Waals surface area contributed by atoms with Gasteiger partial charge in [-0.3, -0.25) is 9.59 Å². The fourth-order valence-electron chi connectivity index (χ4n) is 2.21. The highest BCUT2D eigenvalue weighted by atomic mass is 16.5.